The number of carbonyl (C=O) groups excluding carboxylic acids is 7. The largest absolute Gasteiger partial charge is 0.507 e. The summed E-state index contributed by atoms with van der Waals surface area (Å²) in [5.74, 6) is -4.88. The zero-order chi connectivity index (χ0) is 31.1. The number of nitrogens with zero attached hydrogens (tertiary/aromatic N) is 2. The van der Waals surface area contributed by atoms with Crippen LogP contribution < -0.4 is 20.4 Å². The zero-order valence-corrected chi connectivity index (χ0v) is 23.6. The number of aldehydes is 1. The molecule has 0 saturated heterocycles. The number of hydrogen-bond acceptors (Lipinski definition) is 9. The van der Waals surface area contributed by atoms with Crippen LogP contribution in [0.2, 0.25) is 0 Å². The van der Waals surface area contributed by atoms with Gasteiger partial charge in [-0.25, -0.2) is 4.79 Å². The minimum absolute atomic E-state index is 0.00865. The van der Waals surface area contributed by atoms with Gasteiger partial charge in [0.2, 0.25) is 5.91 Å². The average molecular weight is 581 g/mol. The van der Waals surface area contributed by atoms with E-state index in [1.165, 1.54) is 38.1 Å². The van der Waals surface area contributed by atoms with Gasteiger partial charge in [0.1, 0.15) is 30.4 Å². The molecule has 3 rings (SSSR count). The van der Waals surface area contributed by atoms with Crippen LogP contribution in [0.15, 0.2) is 36.4 Å². The van der Waals surface area contributed by atoms with Crippen molar-refractivity contribution in [3.8, 4) is 5.75 Å². The van der Waals surface area contributed by atoms with Gasteiger partial charge < -0.3 is 25.3 Å². The van der Waals surface area contributed by atoms with Crippen LogP contribution in [0.5, 0.6) is 5.75 Å². The summed E-state index contributed by atoms with van der Waals surface area (Å²) < 4.78 is 4.88. The highest BCUT2D eigenvalue weighted by Crippen LogP contribution is 2.33. The summed E-state index contributed by atoms with van der Waals surface area (Å²) in [5, 5.41) is 15.1. The number of amides is 4. The van der Waals surface area contributed by atoms with Crippen molar-refractivity contribution in [1.29, 1.82) is 0 Å². The highest BCUT2D eigenvalue weighted by Gasteiger charge is 2.39. The molecule has 2 aromatic rings. The predicted molar refractivity (Wildman–Crippen MR) is 150 cm³/mol. The number of benzene rings is 2. The fourth-order valence-corrected chi connectivity index (χ4v) is 4.52. The number of aryl methyl sites for hydroxylation is 2. The molecule has 4 amide bonds. The molecule has 0 spiro atoms. The van der Waals surface area contributed by atoms with Crippen molar-refractivity contribution in [2.75, 3.05) is 29.5 Å². The summed E-state index contributed by atoms with van der Waals surface area (Å²) in [6.45, 7) is 4.80. The van der Waals surface area contributed by atoms with E-state index in [1.54, 1.807) is 26.0 Å². The van der Waals surface area contributed by atoms with Crippen molar-refractivity contribution in [3.63, 3.8) is 0 Å². The molecule has 2 unspecified atom stereocenters. The van der Waals surface area contributed by atoms with Gasteiger partial charge >= 0.3 is 11.9 Å². The first-order valence-corrected chi connectivity index (χ1v) is 13.1. The van der Waals surface area contributed by atoms with Gasteiger partial charge in [0.25, 0.3) is 11.8 Å². The minimum Gasteiger partial charge on any atom is -0.507 e. The molecule has 2 aromatic carbocycles. The van der Waals surface area contributed by atoms with Crippen molar-refractivity contribution in [2.24, 2.45) is 0 Å². The number of fused-ring (bicyclic) bond motifs is 1. The molecule has 2 atom stereocenters. The second kappa shape index (κ2) is 13.5. The first-order valence-electron chi connectivity index (χ1n) is 13.1. The number of hydrogen-bond donors (Lipinski definition) is 3. The Hall–Kier alpha value is -5.07. The van der Waals surface area contributed by atoms with Gasteiger partial charge in [-0.2, -0.15) is 0 Å². The molecular formula is C29H32N4O9. The van der Waals surface area contributed by atoms with Gasteiger partial charge in [0, 0.05) is 12.0 Å². The van der Waals surface area contributed by atoms with E-state index in [4.69, 9.17) is 4.74 Å². The van der Waals surface area contributed by atoms with E-state index in [9.17, 15) is 38.7 Å². The van der Waals surface area contributed by atoms with E-state index in [-0.39, 0.29) is 41.5 Å². The summed E-state index contributed by atoms with van der Waals surface area (Å²) in [6.07, 6.45) is 0.160. The summed E-state index contributed by atoms with van der Waals surface area (Å²) >= 11 is 0. The Morgan fingerprint density at radius 2 is 1.71 bits per heavy atom. The fraction of sp³-hybridized carbons (Fsp3) is 0.345. The molecule has 13 nitrogen and oxygen atoms in total. The minimum atomic E-state index is -1.44. The third kappa shape index (κ3) is 7.16. The Morgan fingerprint density at radius 1 is 1.10 bits per heavy atom. The Bertz CT molecular complexity index is 1410. The second-order valence-electron chi connectivity index (χ2n) is 9.75. The van der Waals surface area contributed by atoms with Crippen LogP contribution in [0.1, 0.15) is 41.8 Å². The summed E-state index contributed by atoms with van der Waals surface area (Å²) in [7, 11) is 0. The average Bonchev–Trinajstić information content (AvgIpc) is 3.05. The van der Waals surface area contributed by atoms with E-state index >= 15 is 0 Å². The molecule has 0 saturated carbocycles. The monoisotopic (exact) mass is 580 g/mol. The quantitative estimate of drug-likeness (QED) is 0.219. The van der Waals surface area contributed by atoms with Gasteiger partial charge in [-0.3, -0.25) is 33.8 Å². The number of aromatic hydroxyl groups is 1. The van der Waals surface area contributed by atoms with E-state index in [2.05, 4.69) is 10.6 Å². The third-order valence-electron chi connectivity index (χ3n) is 6.47. The molecule has 42 heavy (non-hydrogen) atoms. The lowest BCUT2D eigenvalue weighted by Gasteiger charge is -2.25. The van der Waals surface area contributed by atoms with E-state index in [1.807, 2.05) is 0 Å². The molecule has 1 aliphatic rings. The number of phenolic OH excluding ortho intramolecular Hbond substituents is 1. The topological polar surface area (TPSA) is 179 Å². The summed E-state index contributed by atoms with van der Waals surface area (Å²) in [4.78, 5) is 90.7. The molecular weight excluding hydrogens is 548 g/mol. The molecule has 3 N–H and O–H groups in total. The molecule has 0 aliphatic carbocycles. The number of rotatable bonds is 9. The SMILES string of the molecule is CCOC(=O)C(=O)N1CC(NC(=O)c2cc(C)c(O)c(C)c2)C(=O)N(CC(=O)NC(C=O)CC(C)=O)c2ccccc21. The van der Waals surface area contributed by atoms with Gasteiger partial charge in [0.05, 0.1) is 30.6 Å². The van der Waals surface area contributed by atoms with Gasteiger partial charge in [-0.15, -0.1) is 0 Å². The third-order valence-corrected chi connectivity index (χ3v) is 6.47. The maximum absolute atomic E-state index is 13.9. The molecule has 0 bridgehead atoms. The first-order chi connectivity index (χ1) is 19.9. The number of carbonyl (C=O) groups is 7. The first kappa shape index (κ1) is 31.5. The summed E-state index contributed by atoms with van der Waals surface area (Å²) in [6, 6.07) is 6.32. The van der Waals surface area contributed by atoms with Crippen molar-refractivity contribution in [3.05, 3.63) is 53.1 Å². The van der Waals surface area contributed by atoms with Crippen molar-refractivity contribution in [1.82, 2.24) is 10.6 Å². The number of anilines is 2. The Kier molecular flexibility index (Phi) is 10.1. The van der Waals surface area contributed by atoms with Crippen molar-refractivity contribution in [2.45, 2.75) is 46.2 Å². The van der Waals surface area contributed by atoms with E-state index < -0.39 is 54.8 Å². The number of esters is 1. The van der Waals surface area contributed by atoms with Gasteiger partial charge in [-0.1, -0.05) is 12.1 Å². The Morgan fingerprint density at radius 3 is 2.29 bits per heavy atom. The Balaban J connectivity index is 2.04. The molecule has 1 aliphatic heterocycles. The van der Waals surface area contributed by atoms with Crippen LogP contribution in [-0.4, -0.2) is 78.6 Å². The van der Waals surface area contributed by atoms with Crippen LogP contribution in [0.25, 0.3) is 0 Å². The van der Waals surface area contributed by atoms with Crippen molar-refractivity contribution < 1.29 is 43.4 Å². The standard InChI is InChI=1S/C29H32N4O9/c1-5-42-29(41)28(40)32-13-21(31-26(38)19-10-16(2)25(37)17(3)11-19)27(39)33(23-9-7-6-8-22(23)32)14-24(36)30-20(15-34)12-18(4)35/h6-11,15,20-21,37H,5,12-14H2,1-4H3,(H,30,36)(H,31,38). The van der Waals surface area contributed by atoms with Crippen LogP contribution in [0.4, 0.5) is 11.4 Å². The predicted octanol–water partition coefficient (Wildman–Crippen LogP) is 0.713. The highest BCUT2D eigenvalue weighted by molar-refractivity contribution is 6.39. The van der Waals surface area contributed by atoms with Crippen LogP contribution in [0.3, 0.4) is 0 Å². The van der Waals surface area contributed by atoms with E-state index in [0.29, 0.717) is 17.4 Å². The lowest BCUT2D eigenvalue weighted by atomic mass is 10.0. The molecule has 0 fully saturated rings. The number of phenols is 1. The molecule has 0 radical (unpaired) electrons. The highest BCUT2D eigenvalue weighted by atomic mass is 16.5. The van der Waals surface area contributed by atoms with Gasteiger partial charge in [-0.05, 0) is 63.1 Å². The second-order valence-corrected chi connectivity index (χ2v) is 9.75. The van der Waals surface area contributed by atoms with Crippen LogP contribution in [0, 0.1) is 13.8 Å². The molecule has 222 valence electrons. The number of ketones is 1. The van der Waals surface area contributed by atoms with E-state index in [0.717, 1.165) is 9.80 Å². The van der Waals surface area contributed by atoms with Gasteiger partial charge in [0.15, 0.2) is 0 Å². The lowest BCUT2D eigenvalue weighted by Crippen LogP contribution is -2.55. The Labute approximate surface area is 241 Å². The lowest BCUT2D eigenvalue weighted by molar-refractivity contribution is -0.153. The number of para-hydroxylation sites is 2. The smallest absolute Gasteiger partial charge is 0.397 e. The number of Topliss-reactive ketones (excluding diaryl/α,β-unsaturated/α-hetero) is 1. The number of ether oxygens (including phenoxy) is 1. The van der Waals surface area contributed by atoms with Crippen LogP contribution >= 0.6 is 0 Å². The summed E-state index contributed by atoms with van der Waals surface area (Å²) in [5.41, 5.74) is 1.15. The zero-order valence-electron chi connectivity index (χ0n) is 23.6. The van der Waals surface area contributed by atoms with Crippen molar-refractivity contribution >= 4 is 53.0 Å². The van der Waals surface area contributed by atoms with Crippen LogP contribution in [-0.2, 0) is 33.5 Å². The molecule has 0 aromatic heterocycles. The fourth-order valence-electron chi connectivity index (χ4n) is 4.52. The normalized spacial score (nSPS) is 15.1. The molecule has 1 heterocycles. The molecule has 13 heteroatoms. The maximum Gasteiger partial charge on any atom is 0.397 e. The maximum atomic E-state index is 13.9. The number of nitrogens with one attached hydrogen (secondary N) is 2.